The SMILES string of the molecule is CC(C)[C@H](NC(=O)[C@@](C)(N)C(F)(F)F)C(=O)OC(C)(C)C. The summed E-state index contributed by atoms with van der Waals surface area (Å²) in [5, 5.41) is 2.03. The van der Waals surface area contributed by atoms with Gasteiger partial charge in [-0.3, -0.25) is 4.79 Å². The van der Waals surface area contributed by atoms with Crippen LogP contribution >= 0.6 is 0 Å². The zero-order valence-corrected chi connectivity index (χ0v) is 13.1. The Morgan fingerprint density at radius 2 is 1.52 bits per heavy atom. The molecule has 0 saturated heterocycles. The number of amides is 1. The maximum atomic E-state index is 12.7. The van der Waals surface area contributed by atoms with Crippen molar-refractivity contribution in [2.24, 2.45) is 11.7 Å². The average Bonchev–Trinajstić information content (AvgIpc) is 2.20. The predicted molar refractivity (Wildman–Crippen MR) is 71.3 cm³/mol. The van der Waals surface area contributed by atoms with Crippen LogP contribution in [0.25, 0.3) is 0 Å². The summed E-state index contributed by atoms with van der Waals surface area (Å²) in [6.45, 7) is 8.56. The molecule has 0 heterocycles. The first-order valence-electron chi connectivity index (χ1n) is 6.49. The Hall–Kier alpha value is -1.31. The van der Waals surface area contributed by atoms with Crippen LogP contribution in [0.5, 0.6) is 0 Å². The van der Waals surface area contributed by atoms with Crippen molar-refractivity contribution in [3.63, 3.8) is 0 Å². The van der Waals surface area contributed by atoms with Gasteiger partial charge in [0.2, 0.25) is 5.91 Å². The quantitative estimate of drug-likeness (QED) is 0.775. The fourth-order valence-electron chi connectivity index (χ4n) is 1.28. The Bertz CT molecular complexity index is 398. The van der Waals surface area contributed by atoms with Gasteiger partial charge in [-0.05, 0) is 33.6 Å². The van der Waals surface area contributed by atoms with Crippen LogP contribution in [0.4, 0.5) is 13.2 Å². The molecule has 5 nitrogen and oxygen atoms in total. The minimum Gasteiger partial charge on any atom is -0.458 e. The molecule has 0 aromatic rings. The summed E-state index contributed by atoms with van der Waals surface area (Å²) < 4.78 is 43.2. The number of hydrogen-bond acceptors (Lipinski definition) is 4. The molecule has 8 heteroatoms. The second kappa shape index (κ2) is 6.21. The largest absolute Gasteiger partial charge is 0.458 e. The van der Waals surface area contributed by atoms with Crippen molar-refractivity contribution in [3.05, 3.63) is 0 Å². The standard InChI is InChI=1S/C13H23F3N2O3/c1-7(2)8(9(19)21-11(3,4)5)18-10(20)12(6,17)13(14,15)16/h7-8H,17H2,1-6H3,(H,18,20)/t8-,12+/m0/s1. The van der Waals surface area contributed by atoms with E-state index in [4.69, 9.17) is 10.5 Å². The van der Waals surface area contributed by atoms with E-state index in [1.165, 1.54) is 0 Å². The Kier molecular flexibility index (Phi) is 5.82. The van der Waals surface area contributed by atoms with Crippen molar-refractivity contribution in [3.8, 4) is 0 Å². The molecule has 124 valence electrons. The van der Waals surface area contributed by atoms with Crippen LogP contribution in [0.3, 0.4) is 0 Å². The molecule has 0 radical (unpaired) electrons. The third-order valence-corrected chi connectivity index (χ3v) is 2.67. The van der Waals surface area contributed by atoms with Crippen LogP contribution in [0.1, 0.15) is 41.5 Å². The molecule has 0 aromatic carbocycles. The maximum Gasteiger partial charge on any atom is 0.415 e. The van der Waals surface area contributed by atoms with E-state index in [0.717, 1.165) is 0 Å². The monoisotopic (exact) mass is 312 g/mol. The molecule has 0 aliphatic heterocycles. The van der Waals surface area contributed by atoms with Crippen molar-refractivity contribution in [1.29, 1.82) is 0 Å². The molecule has 2 atom stereocenters. The van der Waals surface area contributed by atoms with Crippen LogP contribution in [0, 0.1) is 5.92 Å². The molecule has 0 rings (SSSR count). The topological polar surface area (TPSA) is 81.4 Å². The van der Waals surface area contributed by atoms with Crippen LogP contribution in [-0.2, 0) is 14.3 Å². The maximum absolute atomic E-state index is 12.7. The molecule has 21 heavy (non-hydrogen) atoms. The average molecular weight is 312 g/mol. The highest BCUT2D eigenvalue weighted by atomic mass is 19.4. The molecule has 0 aromatic heterocycles. The number of rotatable bonds is 4. The molecule has 0 unspecified atom stereocenters. The number of carbonyl (C=O) groups is 2. The summed E-state index contributed by atoms with van der Waals surface area (Å²) in [5.74, 6) is -2.73. The molecule has 3 N–H and O–H groups in total. The van der Waals surface area contributed by atoms with Crippen molar-refractivity contribution >= 4 is 11.9 Å². The zero-order chi connectivity index (χ0) is 17.2. The lowest BCUT2D eigenvalue weighted by atomic mass is 9.98. The highest BCUT2D eigenvalue weighted by Crippen LogP contribution is 2.28. The van der Waals surface area contributed by atoms with Gasteiger partial charge >= 0.3 is 12.1 Å². The lowest BCUT2D eigenvalue weighted by molar-refractivity contribution is -0.189. The van der Waals surface area contributed by atoms with Gasteiger partial charge in [0.25, 0.3) is 0 Å². The normalized spacial score (nSPS) is 17.1. The first-order valence-corrected chi connectivity index (χ1v) is 6.49. The second-order valence-corrected chi connectivity index (χ2v) is 6.43. The van der Waals surface area contributed by atoms with Gasteiger partial charge in [-0.2, -0.15) is 13.2 Å². The van der Waals surface area contributed by atoms with Gasteiger partial charge in [0.05, 0.1) is 0 Å². The van der Waals surface area contributed by atoms with Gasteiger partial charge in [-0.1, -0.05) is 13.8 Å². The minimum absolute atomic E-state index is 0.451. The number of halogens is 3. The van der Waals surface area contributed by atoms with Crippen LogP contribution in [0.2, 0.25) is 0 Å². The summed E-state index contributed by atoms with van der Waals surface area (Å²) in [7, 11) is 0. The van der Waals surface area contributed by atoms with E-state index in [1.54, 1.807) is 34.6 Å². The zero-order valence-electron chi connectivity index (χ0n) is 13.1. The minimum atomic E-state index is -4.92. The number of nitrogens with two attached hydrogens (primary N) is 1. The van der Waals surface area contributed by atoms with E-state index in [2.05, 4.69) is 0 Å². The molecular formula is C13H23F3N2O3. The summed E-state index contributed by atoms with van der Waals surface area (Å²) in [5.41, 5.74) is 1.13. The van der Waals surface area contributed by atoms with Gasteiger partial charge in [-0.15, -0.1) is 0 Å². The molecule has 0 aliphatic rings. The second-order valence-electron chi connectivity index (χ2n) is 6.43. The fraction of sp³-hybridized carbons (Fsp3) is 0.846. The number of carbonyl (C=O) groups excluding carboxylic acids is 2. The third-order valence-electron chi connectivity index (χ3n) is 2.67. The molecule has 0 spiro atoms. The Morgan fingerprint density at radius 1 is 1.10 bits per heavy atom. The Labute approximate surface area is 122 Å². The van der Waals surface area contributed by atoms with E-state index in [9.17, 15) is 22.8 Å². The van der Waals surface area contributed by atoms with E-state index in [-0.39, 0.29) is 0 Å². The molecule has 0 fully saturated rings. The van der Waals surface area contributed by atoms with Gasteiger partial charge in [0, 0.05) is 0 Å². The molecular weight excluding hydrogens is 289 g/mol. The highest BCUT2D eigenvalue weighted by molar-refractivity contribution is 5.91. The number of hydrogen-bond donors (Lipinski definition) is 2. The molecule has 0 aliphatic carbocycles. The van der Waals surface area contributed by atoms with Gasteiger partial charge in [0.1, 0.15) is 11.6 Å². The summed E-state index contributed by atoms with van der Waals surface area (Å²) >= 11 is 0. The Balaban J connectivity index is 5.13. The first kappa shape index (κ1) is 19.7. The van der Waals surface area contributed by atoms with Crippen molar-refractivity contribution in [2.75, 3.05) is 0 Å². The Morgan fingerprint density at radius 3 is 1.81 bits per heavy atom. The number of alkyl halides is 3. The van der Waals surface area contributed by atoms with Crippen molar-refractivity contribution in [1.82, 2.24) is 5.32 Å². The van der Waals surface area contributed by atoms with E-state index in [1.807, 2.05) is 5.32 Å². The first-order chi connectivity index (χ1) is 9.09. The van der Waals surface area contributed by atoms with Gasteiger partial charge in [0.15, 0.2) is 5.54 Å². The van der Waals surface area contributed by atoms with E-state index < -0.39 is 41.2 Å². The van der Waals surface area contributed by atoms with Gasteiger partial charge < -0.3 is 15.8 Å². The van der Waals surface area contributed by atoms with E-state index >= 15 is 0 Å². The fourth-order valence-corrected chi connectivity index (χ4v) is 1.28. The van der Waals surface area contributed by atoms with Crippen molar-refractivity contribution < 1.29 is 27.5 Å². The lowest BCUT2D eigenvalue weighted by Crippen LogP contribution is -2.64. The number of esters is 1. The smallest absolute Gasteiger partial charge is 0.415 e. The molecule has 0 saturated carbocycles. The van der Waals surface area contributed by atoms with Crippen molar-refractivity contribution in [2.45, 2.75) is 64.9 Å². The highest BCUT2D eigenvalue weighted by Gasteiger charge is 2.54. The van der Waals surface area contributed by atoms with Crippen LogP contribution in [-0.4, -0.2) is 35.2 Å². The number of nitrogens with one attached hydrogen (secondary N) is 1. The molecule has 1 amide bonds. The summed E-state index contributed by atoms with van der Waals surface area (Å²) in [4.78, 5) is 23.7. The lowest BCUT2D eigenvalue weighted by Gasteiger charge is -2.31. The van der Waals surface area contributed by atoms with Crippen LogP contribution < -0.4 is 11.1 Å². The molecule has 0 bridgehead atoms. The van der Waals surface area contributed by atoms with Gasteiger partial charge in [-0.25, -0.2) is 4.79 Å². The number of ether oxygens (including phenoxy) is 1. The summed E-state index contributed by atoms with van der Waals surface area (Å²) in [6.07, 6.45) is -4.92. The van der Waals surface area contributed by atoms with Crippen LogP contribution in [0.15, 0.2) is 0 Å². The predicted octanol–water partition coefficient (Wildman–Crippen LogP) is 1.75. The third kappa shape index (κ3) is 5.53. The summed E-state index contributed by atoms with van der Waals surface area (Å²) in [6, 6.07) is -1.21. The van der Waals surface area contributed by atoms with E-state index in [0.29, 0.717) is 6.92 Å².